The van der Waals surface area contributed by atoms with Crippen molar-refractivity contribution in [2.45, 2.75) is 13.8 Å². The van der Waals surface area contributed by atoms with E-state index >= 15 is 0 Å². The lowest BCUT2D eigenvalue weighted by Gasteiger charge is -2.06. The number of rotatable bonds is 2. The molecule has 1 amide bonds. The first-order chi connectivity index (χ1) is 8.06. The van der Waals surface area contributed by atoms with E-state index in [-0.39, 0.29) is 17.2 Å². The molecule has 17 heavy (non-hydrogen) atoms. The van der Waals surface area contributed by atoms with Crippen LogP contribution in [0.1, 0.15) is 21.9 Å². The van der Waals surface area contributed by atoms with Crippen molar-refractivity contribution >= 4 is 11.6 Å². The normalized spacial score (nSPS) is 10.2. The molecule has 0 atom stereocenters. The fraction of sp³-hybridized carbons (Fsp3) is 0.182. The Morgan fingerprint density at radius 3 is 2.65 bits per heavy atom. The van der Waals surface area contributed by atoms with Crippen molar-refractivity contribution in [1.82, 2.24) is 15.2 Å². The average Bonchev–Trinajstić information content (AvgIpc) is 2.69. The lowest BCUT2D eigenvalue weighted by atomic mass is 10.2. The van der Waals surface area contributed by atoms with Gasteiger partial charge in [0.05, 0.1) is 11.4 Å². The molecule has 0 aliphatic carbocycles. The molecule has 2 heterocycles. The monoisotopic (exact) mass is 232 g/mol. The largest absolute Gasteiger partial charge is 0.319 e. The van der Waals surface area contributed by atoms with Gasteiger partial charge in [-0.3, -0.25) is 24.8 Å². The fourth-order valence-corrected chi connectivity index (χ4v) is 1.46. The van der Waals surface area contributed by atoms with E-state index in [2.05, 4.69) is 20.5 Å². The van der Waals surface area contributed by atoms with Crippen LogP contribution in [-0.4, -0.2) is 21.1 Å². The van der Waals surface area contributed by atoms with Crippen molar-refractivity contribution in [3.63, 3.8) is 0 Å². The zero-order valence-corrected chi connectivity index (χ0v) is 9.50. The quantitative estimate of drug-likeness (QED) is 0.720. The van der Waals surface area contributed by atoms with Gasteiger partial charge in [-0.15, -0.1) is 0 Å². The van der Waals surface area contributed by atoms with Crippen LogP contribution in [0.4, 0.5) is 5.69 Å². The predicted octanol–water partition coefficient (Wildman–Crippen LogP) is 0.967. The van der Waals surface area contributed by atoms with Crippen LogP contribution in [0, 0.1) is 13.8 Å². The highest BCUT2D eigenvalue weighted by molar-refractivity contribution is 6.03. The molecule has 3 N–H and O–H groups in total. The van der Waals surface area contributed by atoms with Crippen molar-refractivity contribution in [1.29, 1.82) is 0 Å². The molecule has 0 radical (unpaired) electrons. The van der Waals surface area contributed by atoms with E-state index in [1.807, 2.05) is 19.9 Å². The van der Waals surface area contributed by atoms with Gasteiger partial charge < -0.3 is 5.32 Å². The number of pyridine rings is 1. The van der Waals surface area contributed by atoms with E-state index in [4.69, 9.17) is 0 Å². The smallest absolute Gasteiger partial charge is 0.273 e. The van der Waals surface area contributed by atoms with Gasteiger partial charge in [0.25, 0.3) is 11.5 Å². The zero-order chi connectivity index (χ0) is 12.4. The first-order valence-corrected chi connectivity index (χ1v) is 5.09. The number of nitrogens with zero attached hydrogens (tertiary/aromatic N) is 1. The summed E-state index contributed by atoms with van der Waals surface area (Å²) < 4.78 is 0. The number of carbonyl (C=O) groups is 1. The molecule has 2 rings (SSSR count). The summed E-state index contributed by atoms with van der Waals surface area (Å²) in [5.74, 6) is -0.378. The Bertz CT molecular complexity index is 612. The van der Waals surface area contributed by atoms with Crippen LogP contribution < -0.4 is 10.9 Å². The van der Waals surface area contributed by atoms with Gasteiger partial charge in [-0.25, -0.2) is 0 Å². The van der Waals surface area contributed by atoms with Gasteiger partial charge >= 0.3 is 0 Å². The molecular weight excluding hydrogens is 220 g/mol. The van der Waals surface area contributed by atoms with E-state index in [1.54, 1.807) is 6.07 Å². The highest BCUT2D eigenvalue weighted by atomic mass is 16.2. The van der Waals surface area contributed by atoms with Crippen molar-refractivity contribution < 1.29 is 4.79 Å². The molecule has 0 fully saturated rings. The standard InChI is InChI=1S/C11H12N4O2/c1-6-3-4-8(7(2)12-6)13-11(17)9-5-10(16)15-14-9/h3-5H,1-2H3,(H,13,17)(H2,14,15,16). The van der Waals surface area contributed by atoms with E-state index < -0.39 is 0 Å². The Balaban J connectivity index is 2.21. The molecule has 0 saturated heterocycles. The SMILES string of the molecule is Cc1ccc(NC(=O)c2cc(=O)[nH][nH]2)c(C)n1. The molecule has 0 spiro atoms. The molecule has 6 nitrogen and oxygen atoms in total. The molecule has 2 aromatic rings. The molecule has 88 valence electrons. The Morgan fingerprint density at radius 1 is 1.29 bits per heavy atom. The minimum absolute atomic E-state index is 0.190. The van der Waals surface area contributed by atoms with Gasteiger partial charge in [-0.2, -0.15) is 0 Å². The van der Waals surface area contributed by atoms with Crippen molar-refractivity contribution in [2.24, 2.45) is 0 Å². The minimum atomic E-state index is -0.378. The van der Waals surface area contributed by atoms with Gasteiger partial charge in [0.1, 0.15) is 5.69 Å². The number of amides is 1. The van der Waals surface area contributed by atoms with Crippen LogP contribution in [0.25, 0.3) is 0 Å². The number of carbonyl (C=O) groups excluding carboxylic acids is 1. The van der Waals surface area contributed by atoms with Crippen molar-refractivity contribution in [3.8, 4) is 0 Å². The molecule has 0 saturated carbocycles. The van der Waals surface area contributed by atoms with Gasteiger partial charge in [0, 0.05) is 11.8 Å². The summed E-state index contributed by atoms with van der Waals surface area (Å²) in [6.07, 6.45) is 0. The summed E-state index contributed by atoms with van der Waals surface area (Å²) in [6, 6.07) is 4.79. The van der Waals surface area contributed by atoms with E-state index in [0.29, 0.717) is 5.69 Å². The summed E-state index contributed by atoms with van der Waals surface area (Å²) in [7, 11) is 0. The van der Waals surface area contributed by atoms with Crippen molar-refractivity contribution in [3.05, 3.63) is 45.6 Å². The summed E-state index contributed by atoms with van der Waals surface area (Å²) in [5, 5.41) is 7.46. The third-order valence-electron chi connectivity index (χ3n) is 2.31. The van der Waals surface area contributed by atoms with E-state index in [1.165, 1.54) is 6.07 Å². The number of hydrogen-bond donors (Lipinski definition) is 3. The van der Waals surface area contributed by atoms with Crippen LogP contribution in [-0.2, 0) is 0 Å². The number of nitrogens with one attached hydrogen (secondary N) is 3. The Morgan fingerprint density at radius 2 is 2.06 bits per heavy atom. The Labute approximate surface area is 97.1 Å². The van der Waals surface area contributed by atoms with E-state index in [9.17, 15) is 9.59 Å². The third kappa shape index (κ3) is 2.41. The molecule has 0 aliphatic heterocycles. The summed E-state index contributed by atoms with van der Waals surface area (Å²) in [5.41, 5.74) is 2.10. The number of aromatic amines is 2. The number of aryl methyl sites for hydroxylation is 2. The van der Waals surface area contributed by atoms with Crippen molar-refractivity contribution in [2.75, 3.05) is 5.32 Å². The molecule has 0 bridgehead atoms. The molecule has 2 aromatic heterocycles. The fourth-order valence-electron chi connectivity index (χ4n) is 1.46. The Kier molecular flexibility index (Phi) is 2.78. The third-order valence-corrected chi connectivity index (χ3v) is 2.31. The molecule has 0 aromatic carbocycles. The molecule has 6 heteroatoms. The van der Waals surface area contributed by atoms with Crippen LogP contribution in [0.15, 0.2) is 23.0 Å². The number of aromatic nitrogens is 3. The molecular formula is C11H12N4O2. The summed E-state index contributed by atoms with van der Waals surface area (Å²) in [4.78, 5) is 26.8. The zero-order valence-electron chi connectivity index (χ0n) is 9.50. The maximum absolute atomic E-state index is 11.7. The van der Waals surface area contributed by atoms with Gasteiger partial charge in [-0.1, -0.05) is 0 Å². The van der Waals surface area contributed by atoms with Crippen LogP contribution in [0.3, 0.4) is 0 Å². The topological polar surface area (TPSA) is 90.6 Å². The summed E-state index contributed by atoms with van der Waals surface area (Å²) in [6.45, 7) is 3.69. The molecule has 0 unspecified atom stereocenters. The first-order valence-electron chi connectivity index (χ1n) is 5.09. The minimum Gasteiger partial charge on any atom is -0.319 e. The van der Waals surface area contributed by atoms with Gasteiger partial charge in [0.2, 0.25) is 0 Å². The molecule has 0 aliphatic rings. The maximum Gasteiger partial charge on any atom is 0.273 e. The van der Waals surface area contributed by atoms with E-state index in [0.717, 1.165) is 11.4 Å². The second-order valence-electron chi connectivity index (χ2n) is 3.71. The number of H-pyrrole nitrogens is 2. The van der Waals surface area contributed by atoms with Crippen LogP contribution in [0.5, 0.6) is 0 Å². The maximum atomic E-state index is 11.7. The second-order valence-corrected chi connectivity index (χ2v) is 3.71. The van der Waals surface area contributed by atoms with Gasteiger partial charge in [-0.05, 0) is 26.0 Å². The lowest BCUT2D eigenvalue weighted by molar-refractivity contribution is 0.102. The predicted molar refractivity (Wildman–Crippen MR) is 63.1 cm³/mol. The first kappa shape index (κ1) is 11.1. The van der Waals surface area contributed by atoms with Gasteiger partial charge in [0.15, 0.2) is 0 Å². The summed E-state index contributed by atoms with van der Waals surface area (Å²) >= 11 is 0. The van der Waals surface area contributed by atoms with Crippen LogP contribution >= 0.6 is 0 Å². The highest BCUT2D eigenvalue weighted by Gasteiger charge is 2.10. The average molecular weight is 232 g/mol. The Hall–Kier alpha value is -2.37. The lowest BCUT2D eigenvalue weighted by Crippen LogP contribution is -2.14. The number of hydrogen-bond acceptors (Lipinski definition) is 3. The number of anilines is 1. The highest BCUT2D eigenvalue weighted by Crippen LogP contribution is 2.13. The second kappa shape index (κ2) is 4.25. The van der Waals surface area contributed by atoms with Crippen LogP contribution in [0.2, 0.25) is 0 Å².